The van der Waals surface area contributed by atoms with Gasteiger partial charge in [0.15, 0.2) is 5.13 Å². The lowest BCUT2D eigenvalue weighted by molar-refractivity contribution is -0.116. The molecule has 1 amide bonds. The van der Waals surface area contributed by atoms with Crippen molar-refractivity contribution in [2.24, 2.45) is 17.1 Å². The molecule has 0 saturated heterocycles. The zero-order valence-electron chi connectivity index (χ0n) is 13.3. The largest absolute Gasteiger partial charge is 0.330 e. The lowest BCUT2D eigenvalue weighted by Gasteiger charge is -2.30. The maximum absolute atomic E-state index is 12.1. The van der Waals surface area contributed by atoms with Gasteiger partial charge in [0.1, 0.15) is 0 Å². The highest BCUT2D eigenvalue weighted by Gasteiger charge is 2.27. The predicted molar refractivity (Wildman–Crippen MR) is 88.6 cm³/mol. The molecular weight excluding hydrogens is 282 g/mol. The Labute approximate surface area is 131 Å². The van der Waals surface area contributed by atoms with E-state index < -0.39 is 0 Å². The Morgan fingerprint density at radius 1 is 1.48 bits per heavy atom. The first-order chi connectivity index (χ1) is 9.90. The third kappa shape index (κ3) is 5.08. The van der Waals surface area contributed by atoms with E-state index in [-0.39, 0.29) is 11.3 Å². The summed E-state index contributed by atoms with van der Waals surface area (Å²) in [6.07, 6.45) is 4.88. The molecule has 118 valence electrons. The van der Waals surface area contributed by atoms with Crippen LogP contribution in [0.4, 0.5) is 5.13 Å². The number of hydrogen-bond donors (Lipinski definition) is 2. The molecular formula is C16H27N3OS. The number of nitrogens with two attached hydrogens (primary N) is 1. The van der Waals surface area contributed by atoms with Crippen LogP contribution in [-0.4, -0.2) is 17.4 Å². The molecule has 2 rings (SSSR count). The number of amides is 1. The van der Waals surface area contributed by atoms with E-state index in [4.69, 9.17) is 5.73 Å². The van der Waals surface area contributed by atoms with E-state index in [2.05, 4.69) is 36.5 Å². The summed E-state index contributed by atoms with van der Waals surface area (Å²) in [6, 6.07) is 0. The van der Waals surface area contributed by atoms with Crippen molar-refractivity contribution in [3.8, 4) is 0 Å². The van der Waals surface area contributed by atoms with Gasteiger partial charge in [-0.2, -0.15) is 0 Å². The minimum absolute atomic E-state index is 0.0676. The lowest BCUT2D eigenvalue weighted by atomic mass is 9.76. The van der Waals surface area contributed by atoms with E-state index in [1.54, 1.807) is 0 Å². The minimum atomic E-state index is 0.0676. The van der Waals surface area contributed by atoms with E-state index in [9.17, 15) is 4.79 Å². The fourth-order valence-corrected chi connectivity index (χ4v) is 3.42. The van der Waals surface area contributed by atoms with E-state index in [1.165, 1.54) is 24.2 Å². The standard InChI is InChI=1S/C16H27N3OS/c1-16(2,3)12(8-9-17)6-7-14(20)19-15-18-13(10-21-15)11-4-5-11/h10-12H,4-9,17H2,1-3H3,(H,18,19,20). The highest BCUT2D eigenvalue weighted by molar-refractivity contribution is 7.13. The van der Waals surface area contributed by atoms with E-state index in [1.807, 2.05) is 0 Å². The fourth-order valence-electron chi connectivity index (χ4n) is 2.61. The Balaban J connectivity index is 1.80. The van der Waals surface area contributed by atoms with Crippen LogP contribution in [0, 0.1) is 11.3 Å². The molecule has 1 aliphatic rings. The van der Waals surface area contributed by atoms with Crippen LogP contribution in [0.2, 0.25) is 0 Å². The van der Waals surface area contributed by atoms with E-state index in [0.29, 0.717) is 24.8 Å². The molecule has 1 fully saturated rings. The molecule has 1 aliphatic carbocycles. The number of rotatable bonds is 7. The normalized spacial score (nSPS) is 16.8. The first kappa shape index (κ1) is 16.4. The second-order valence-corrected chi connectivity index (χ2v) is 7.94. The Morgan fingerprint density at radius 3 is 2.76 bits per heavy atom. The number of aromatic nitrogens is 1. The van der Waals surface area contributed by atoms with Gasteiger partial charge in [-0.05, 0) is 43.6 Å². The summed E-state index contributed by atoms with van der Waals surface area (Å²) >= 11 is 1.53. The third-order valence-corrected chi connectivity index (χ3v) is 5.00. The molecule has 0 bridgehead atoms. The van der Waals surface area contributed by atoms with Crippen molar-refractivity contribution in [2.45, 2.75) is 58.8 Å². The molecule has 1 aromatic rings. The van der Waals surface area contributed by atoms with Crippen LogP contribution in [-0.2, 0) is 4.79 Å². The summed E-state index contributed by atoms with van der Waals surface area (Å²) in [4.78, 5) is 16.6. The quantitative estimate of drug-likeness (QED) is 0.806. The van der Waals surface area contributed by atoms with Crippen LogP contribution in [0.25, 0.3) is 0 Å². The van der Waals surface area contributed by atoms with Crippen LogP contribution in [0.1, 0.15) is 64.5 Å². The number of thiazole rings is 1. The molecule has 0 spiro atoms. The van der Waals surface area contributed by atoms with Crippen LogP contribution in [0.15, 0.2) is 5.38 Å². The smallest absolute Gasteiger partial charge is 0.226 e. The van der Waals surface area contributed by atoms with Gasteiger partial charge < -0.3 is 11.1 Å². The molecule has 0 aromatic carbocycles. The van der Waals surface area contributed by atoms with E-state index >= 15 is 0 Å². The van der Waals surface area contributed by atoms with Crippen molar-refractivity contribution in [3.05, 3.63) is 11.1 Å². The van der Waals surface area contributed by atoms with Gasteiger partial charge >= 0.3 is 0 Å². The molecule has 1 saturated carbocycles. The summed E-state index contributed by atoms with van der Waals surface area (Å²) in [6.45, 7) is 7.33. The van der Waals surface area contributed by atoms with Crippen molar-refractivity contribution < 1.29 is 4.79 Å². The molecule has 21 heavy (non-hydrogen) atoms. The zero-order chi connectivity index (χ0) is 15.5. The number of nitrogens with one attached hydrogen (secondary N) is 1. The Hall–Kier alpha value is -0.940. The summed E-state index contributed by atoms with van der Waals surface area (Å²) in [5, 5.41) is 5.74. The summed E-state index contributed by atoms with van der Waals surface area (Å²) in [5.41, 5.74) is 7.02. The zero-order valence-corrected chi connectivity index (χ0v) is 14.1. The van der Waals surface area contributed by atoms with Gasteiger partial charge in [-0.15, -0.1) is 11.3 Å². The monoisotopic (exact) mass is 309 g/mol. The highest BCUT2D eigenvalue weighted by atomic mass is 32.1. The predicted octanol–water partition coefficient (Wildman–Crippen LogP) is 3.75. The molecule has 1 aromatic heterocycles. The topological polar surface area (TPSA) is 68.0 Å². The van der Waals surface area contributed by atoms with Crippen molar-refractivity contribution in [1.82, 2.24) is 4.98 Å². The Morgan fingerprint density at radius 2 is 2.19 bits per heavy atom. The van der Waals surface area contributed by atoms with Crippen molar-refractivity contribution in [3.63, 3.8) is 0 Å². The number of carbonyl (C=O) groups excluding carboxylic acids is 1. The Kier molecular flexibility index (Phi) is 5.38. The van der Waals surface area contributed by atoms with Crippen LogP contribution < -0.4 is 11.1 Å². The maximum atomic E-state index is 12.1. The summed E-state index contributed by atoms with van der Waals surface area (Å²) < 4.78 is 0. The van der Waals surface area contributed by atoms with Crippen molar-refractivity contribution in [1.29, 1.82) is 0 Å². The first-order valence-corrected chi connectivity index (χ1v) is 8.73. The van der Waals surface area contributed by atoms with Crippen molar-refractivity contribution in [2.75, 3.05) is 11.9 Å². The van der Waals surface area contributed by atoms with Gasteiger partial charge in [0.25, 0.3) is 0 Å². The van der Waals surface area contributed by atoms with Crippen LogP contribution >= 0.6 is 11.3 Å². The fraction of sp³-hybridized carbons (Fsp3) is 0.750. The van der Waals surface area contributed by atoms with Crippen LogP contribution in [0.3, 0.4) is 0 Å². The lowest BCUT2D eigenvalue weighted by Crippen LogP contribution is -2.25. The second kappa shape index (κ2) is 6.88. The molecule has 4 nitrogen and oxygen atoms in total. The first-order valence-electron chi connectivity index (χ1n) is 7.85. The number of hydrogen-bond acceptors (Lipinski definition) is 4. The molecule has 1 heterocycles. The average molecular weight is 309 g/mol. The molecule has 1 atom stereocenters. The molecule has 0 aliphatic heterocycles. The Bertz CT molecular complexity index is 474. The molecule has 3 N–H and O–H groups in total. The van der Waals surface area contributed by atoms with Gasteiger partial charge in [-0.25, -0.2) is 4.98 Å². The second-order valence-electron chi connectivity index (χ2n) is 7.08. The van der Waals surface area contributed by atoms with E-state index in [0.717, 1.165) is 23.7 Å². The average Bonchev–Trinajstić information content (AvgIpc) is 3.14. The minimum Gasteiger partial charge on any atom is -0.330 e. The van der Waals surface area contributed by atoms with Gasteiger partial charge in [0.2, 0.25) is 5.91 Å². The summed E-state index contributed by atoms with van der Waals surface area (Å²) in [7, 11) is 0. The SMILES string of the molecule is CC(C)(C)C(CCN)CCC(=O)Nc1nc(C2CC2)cs1. The summed E-state index contributed by atoms with van der Waals surface area (Å²) in [5.74, 6) is 1.19. The third-order valence-electron chi connectivity index (χ3n) is 4.22. The molecule has 5 heteroatoms. The number of carbonyl (C=O) groups is 1. The highest BCUT2D eigenvalue weighted by Crippen LogP contribution is 2.41. The molecule has 0 radical (unpaired) electrons. The number of anilines is 1. The number of nitrogens with zero attached hydrogens (tertiary/aromatic N) is 1. The van der Waals surface area contributed by atoms with Crippen LogP contribution in [0.5, 0.6) is 0 Å². The van der Waals surface area contributed by atoms with Gasteiger partial charge in [-0.3, -0.25) is 4.79 Å². The van der Waals surface area contributed by atoms with Gasteiger partial charge in [0.05, 0.1) is 5.69 Å². The molecule has 1 unspecified atom stereocenters. The van der Waals surface area contributed by atoms with Crippen molar-refractivity contribution >= 4 is 22.4 Å². The van der Waals surface area contributed by atoms with Gasteiger partial charge in [0, 0.05) is 17.7 Å². The maximum Gasteiger partial charge on any atom is 0.226 e. The van der Waals surface area contributed by atoms with Gasteiger partial charge in [-0.1, -0.05) is 20.8 Å².